The largest absolute Gasteiger partial charge is 0.354 e. The highest BCUT2D eigenvalue weighted by molar-refractivity contribution is 5.93. The van der Waals surface area contributed by atoms with Crippen LogP contribution in [0.1, 0.15) is 12.8 Å². The number of carbonyl (C=O) groups excluding carboxylic acids is 1. The molecule has 1 saturated heterocycles. The molecule has 1 atom stereocenters. The Morgan fingerprint density at radius 1 is 1.03 bits per heavy atom. The summed E-state index contributed by atoms with van der Waals surface area (Å²) >= 11 is 0. The molecule has 31 heavy (non-hydrogen) atoms. The molecule has 0 aliphatic carbocycles. The van der Waals surface area contributed by atoms with Crippen LogP contribution < -0.4 is 10.2 Å². The van der Waals surface area contributed by atoms with Crippen molar-refractivity contribution in [2.24, 2.45) is 5.92 Å². The SMILES string of the molecule is O=C(Nc1ccc(-n2cnnn2)cc1)C1CCCN(c2ccc(-n3ccnc3)nn2)C1. The van der Waals surface area contributed by atoms with Gasteiger partial charge < -0.3 is 10.2 Å². The number of nitrogens with one attached hydrogen (secondary N) is 1. The van der Waals surface area contributed by atoms with Crippen molar-refractivity contribution in [1.82, 2.24) is 40.0 Å². The molecule has 1 aromatic carbocycles. The van der Waals surface area contributed by atoms with E-state index in [1.54, 1.807) is 21.8 Å². The molecule has 5 rings (SSSR count). The summed E-state index contributed by atoms with van der Waals surface area (Å²) in [6.45, 7) is 1.46. The molecule has 0 saturated carbocycles. The van der Waals surface area contributed by atoms with E-state index in [2.05, 4.69) is 40.9 Å². The van der Waals surface area contributed by atoms with E-state index in [1.165, 1.54) is 6.33 Å². The maximum absolute atomic E-state index is 12.8. The van der Waals surface area contributed by atoms with E-state index in [0.29, 0.717) is 12.4 Å². The van der Waals surface area contributed by atoms with Crippen LogP contribution in [-0.4, -0.2) is 59.0 Å². The monoisotopic (exact) mass is 416 g/mol. The molecular formula is C20H20N10O. The van der Waals surface area contributed by atoms with Gasteiger partial charge in [-0.2, -0.15) is 0 Å². The van der Waals surface area contributed by atoms with E-state index in [1.807, 2.05) is 42.6 Å². The van der Waals surface area contributed by atoms with Crippen LogP contribution in [0.25, 0.3) is 11.5 Å². The molecule has 11 heteroatoms. The smallest absolute Gasteiger partial charge is 0.229 e. The Balaban J connectivity index is 1.22. The lowest BCUT2D eigenvalue weighted by Crippen LogP contribution is -2.41. The molecule has 11 nitrogen and oxygen atoms in total. The Bertz CT molecular complexity index is 1120. The van der Waals surface area contributed by atoms with Crippen molar-refractivity contribution in [3.8, 4) is 11.5 Å². The van der Waals surface area contributed by atoms with Gasteiger partial charge in [0.2, 0.25) is 5.91 Å². The minimum Gasteiger partial charge on any atom is -0.354 e. The number of tetrazole rings is 1. The first-order valence-corrected chi connectivity index (χ1v) is 9.97. The van der Waals surface area contributed by atoms with Crippen LogP contribution in [-0.2, 0) is 4.79 Å². The van der Waals surface area contributed by atoms with Gasteiger partial charge in [-0.15, -0.1) is 15.3 Å². The van der Waals surface area contributed by atoms with E-state index in [0.717, 1.165) is 36.6 Å². The number of benzene rings is 1. The van der Waals surface area contributed by atoms with Gasteiger partial charge in [0.25, 0.3) is 0 Å². The van der Waals surface area contributed by atoms with Crippen LogP contribution in [0.2, 0.25) is 0 Å². The highest BCUT2D eigenvalue weighted by Crippen LogP contribution is 2.23. The topological polar surface area (TPSA) is 120 Å². The predicted octanol–water partition coefficient (Wildman–Crippen LogP) is 1.49. The van der Waals surface area contributed by atoms with E-state index in [9.17, 15) is 4.79 Å². The standard InChI is InChI=1S/C20H20N10O/c31-20(23-16-3-5-17(6-4-16)30-14-22-26-27-30)15-2-1-10-28(12-15)18-7-8-19(25-24-18)29-11-9-21-13-29/h3-9,11,13-15H,1-2,10,12H2,(H,23,31). The van der Waals surface area contributed by atoms with Crippen molar-refractivity contribution in [2.45, 2.75) is 12.8 Å². The number of imidazole rings is 1. The summed E-state index contributed by atoms with van der Waals surface area (Å²) in [5, 5.41) is 22.7. The highest BCUT2D eigenvalue weighted by Gasteiger charge is 2.27. The molecule has 1 fully saturated rings. The molecule has 156 valence electrons. The van der Waals surface area contributed by atoms with Crippen molar-refractivity contribution in [3.05, 3.63) is 61.4 Å². The summed E-state index contributed by atoms with van der Waals surface area (Å²) in [6, 6.07) is 11.2. The predicted molar refractivity (Wildman–Crippen MR) is 112 cm³/mol. The van der Waals surface area contributed by atoms with E-state index in [-0.39, 0.29) is 11.8 Å². The fourth-order valence-electron chi connectivity index (χ4n) is 3.64. The Morgan fingerprint density at radius 2 is 1.87 bits per heavy atom. The first kappa shape index (κ1) is 18.9. The molecule has 1 N–H and O–H groups in total. The zero-order valence-electron chi connectivity index (χ0n) is 16.6. The van der Waals surface area contributed by atoms with Crippen LogP contribution >= 0.6 is 0 Å². The average molecular weight is 416 g/mol. The lowest BCUT2D eigenvalue weighted by atomic mass is 9.97. The fraction of sp³-hybridized carbons (Fsp3) is 0.250. The maximum atomic E-state index is 12.8. The van der Waals surface area contributed by atoms with Crippen LogP contribution in [0, 0.1) is 5.92 Å². The lowest BCUT2D eigenvalue weighted by molar-refractivity contribution is -0.120. The maximum Gasteiger partial charge on any atom is 0.229 e. The fourth-order valence-corrected chi connectivity index (χ4v) is 3.64. The van der Waals surface area contributed by atoms with Gasteiger partial charge in [0.1, 0.15) is 12.7 Å². The molecule has 4 heterocycles. The van der Waals surface area contributed by atoms with Gasteiger partial charge in [0.05, 0.1) is 11.6 Å². The Labute approximate surface area is 177 Å². The van der Waals surface area contributed by atoms with Crippen molar-refractivity contribution in [1.29, 1.82) is 0 Å². The van der Waals surface area contributed by atoms with Crippen LogP contribution in [0.5, 0.6) is 0 Å². The van der Waals surface area contributed by atoms with Gasteiger partial charge in [0, 0.05) is 31.2 Å². The van der Waals surface area contributed by atoms with Crippen molar-refractivity contribution in [3.63, 3.8) is 0 Å². The van der Waals surface area contributed by atoms with Gasteiger partial charge in [-0.05, 0) is 59.7 Å². The van der Waals surface area contributed by atoms with Crippen molar-refractivity contribution >= 4 is 17.4 Å². The number of aromatic nitrogens is 8. The molecule has 0 spiro atoms. The minimum atomic E-state index is -0.122. The Hall–Kier alpha value is -4.15. The summed E-state index contributed by atoms with van der Waals surface area (Å²) < 4.78 is 3.36. The summed E-state index contributed by atoms with van der Waals surface area (Å²) in [6.07, 6.45) is 8.48. The number of nitrogens with zero attached hydrogens (tertiary/aromatic N) is 9. The number of rotatable bonds is 5. The number of hydrogen-bond acceptors (Lipinski definition) is 8. The molecule has 0 bridgehead atoms. The zero-order chi connectivity index (χ0) is 21.0. The molecule has 0 radical (unpaired) electrons. The molecular weight excluding hydrogens is 396 g/mol. The Morgan fingerprint density at radius 3 is 2.58 bits per heavy atom. The number of carbonyl (C=O) groups is 1. The summed E-state index contributed by atoms with van der Waals surface area (Å²) in [5.41, 5.74) is 1.56. The second-order valence-corrected chi connectivity index (χ2v) is 7.30. The van der Waals surface area contributed by atoms with Crippen LogP contribution in [0.4, 0.5) is 11.5 Å². The first-order valence-electron chi connectivity index (χ1n) is 9.97. The quantitative estimate of drug-likeness (QED) is 0.520. The second kappa shape index (κ2) is 8.30. The lowest BCUT2D eigenvalue weighted by Gasteiger charge is -2.32. The van der Waals surface area contributed by atoms with Crippen molar-refractivity contribution < 1.29 is 4.79 Å². The molecule has 3 aromatic heterocycles. The number of piperidine rings is 1. The highest BCUT2D eigenvalue weighted by atomic mass is 16.1. The van der Waals surface area contributed by atoms with Gasteiger partial charge in [0.15, 0.2) is 11.6 Å². The summed E-state index contributed by atoms with van der Waals surface area (Å²) in [5.74, 6) is 1.36. The average Bonchev–Trinajstić information content (AvgIpc) is 3.55. The number of amides is 1. The van der Waals surface area contributed by atoms with Gasteiger partial charge in [-0.1, -0.05) is 0 Å². The summed E-state index contributed by atoms with van der Waals surface area (Å²) in [4.78, 5) is 19.0. The number of hydrogen-bond donors (Lipinski definition) is 1. The first-order chi connectivity index (χ1) is 15.3. The van der Waals surface area contributed by atoms with Gasteiger partial charge in [-0.3, -0.25) is 9.36 Å². The Kier molecular flexibility index (Phi) is 5.05. The third kappa shape index (κ3) is 4.10. The third-order valence-corrected chi connectivity index (χ3v) is 5.27. The second-order valence-electron chi connectivity index (χ2n) is 7.30. The van der Waals surface area contributed by atoms with Crippen LogP contribution in [0.15, 0.2) is 61.4 Å². The molecule has 1 aliphatic rings. The van der Waals surface area contributed by atoms with Crippen LogP contribution in [0.3, 0.4) is 0 Å². The molecule has 1 aliphatic heterocycles. The molecule has 4 aromatic rings. The van der Waals surface area contributed by atoms with E-state index < -0.39 is 0 Å². The zero-order valence-corrected chi connectivity index (χ0v) is 16.6. The minimum absolute atomic E-state index is 0.00265. The summed E-state index contributed by atoms with van der Waals surface area (Å²) in [7, 11) is 0. The normalized spacial score (nSPS) is 16.3. The third-order valence-electron chi connectivity index (χ3n) is 5.27. The van der Waals surface area contributed by atoms with E-state index in [4.69, 9.17) is 0 Å². The molecule has 1 unspecified atom stereocenters. The number of anilines is 2. The molecule has 1 amide bonds. The van der Waals surface area contributed by atoms with Gasteiger partial charge in [-0.25, -0.2) is 9.67 Å². The van der Waals surface area contributed by atoms with E-state index >= 15 is 0 Å². The van der Waals surface area contributed by atoms with Crippen molar-refractivity contribution in [2.75, 3.05) is 23.3 Å². The van der Waals surface area contributed by atoms with Gasteiger partial charge >= 0.3 is 0 Å².